The van der Waals surface area contributed by atoms with Crippen LogP contribution in [0.15, 0.2) is 29.2 Å². The van der Waals surface area contributed by atoms with Crippen molar-refractivity contribution in [3.05, 3.63) is 34.0 Å². The van der Waals surface area contributed by atoms with Gasteiger partial charge in [-0.3, -0.25) is 9.59 Å². The van der Waals surface area contributed by atoms with E-state index in [1.54, 1.807) is 0 Å². The second kappa shape index (κ2) is 8.47. The number of carbonyl (C=O) groups is 2. The smallest absolute Gasteiger partial charge is 0.263 e. The number of hydrogen-bond acceptors (Lipinski definition) is 3. The van der Waals surface area contributed by atoms with Crippen molar-refractivity contribution >= 4 is 23.2 Å². The summed E-state index contributed by atoms with van der Waals surface area (Å²) in [5.41, 5.74) is 1.49. The number of thiophene rings is 1. The van der Waals surface area contributed by atoms with Gasteiger partial charge in [-0.05, 0) is 56.4 Å². The highest BCUT2D eigenvalue weighted by Crippen LogP contribution is 2.22. The van der Waals surface area contributed by atoms with Crippen LogP contribution in [0.5, 0.6) is 0 Å². The van der Waals surface area contributed by atoms with Crippen molar-refractivity contribution in [3.8, 4) is 0 Å². The predicted molar refractivity (Wildman–Crippen MR) is 97.1 cm³/mol. The standard InChI is InChI=1S/C19H26N2O2S/c22-18(20-11-10-15-6-2-1-3-7-15)16-8-4-12-21(14-16)19(23)17-9-5-13-24-17/h5-6,9,13,16H,1-4,7-8,10-12,14H2,(H,20,22)/t16-/m1/s1. The molecule has 0 unspecified atom stereocenters. The normalized spacial score (nSPS) is 21.2. The Morgan fingerprint density at radius 2 is 2.21 bits per heavy atom. The third-order valence-electron chi connectivity index (χ3n) is 4.94. The van der Waals surface area contributed by atoms with Crippen LogP contribution >= 0.6 is 11.3 Å². The maximum absolute atomic E-state index is 12.4. The molecule has 0 saturated carbocycles. The zero-order valence-electron chi connectivity index (χ0n) is 14.1. The topological polar surface area (TPSA) is 49.4 Å². The summed E-state index contributed by atoms with van der Waals surface area (Å²) in [5, 5.41) is 5.00. The van der Waals surface area contributed by atoms with E-state index in [1.165, 1.54) is 42.6 Å². The van der Waals surface area contributed by atoms with Gasteiger partial charge in [0.25, 0.3) is 5.91 Å². The van der Waals surface area contributed by atoms with Crippen molar-refractivity contribution in [2.24, 2.45) is 5.92 Å². The largest absolute Gasteiger partial charge is 0.355 e. The summed E-state index contributed by atoms with van der Waals surface area (Å²) in [6, 6.07) is 3.75. The van der Waals surface area contributed by atoms with E-state index in [-0.39, 0.29) is 17.7 Å². The van der Waals surface area contributed by atoms with Gasteiger partial charge in [0.15, 0.2) is 0 Å². The molecule has 1 aliphatic heterocycles. The zero-order chi connectivity index (χ0) is 16.8. The van der Waals surface area contributed by atoms with E-state index in [0.29, 0.717) is 6.54 Å². The van der Waals surface area contributed by atoms with Gasteiger partial charge in [0.2, 0.25) is 5.91 Å². The zero-order valence-corrected chi connectivity index (χ0v) is 14.9. The Kier molecular flexibility index (Phi) is 6.07. The lowest BCUT2D eigenvalue weighted by Gasteiger charge is -2.31. The summed E-state index contributed by atoms with van der Waals surface area (Å²) >= 11 is 1.47. The van der Waals surface area contributed by atoms with Gasteiger partial charge in [0, 0.05) is 19.6 Å². The quantitative estimate of drug-likeness (QED) is 0.828. The molecule has 1 aromatic rings. The number of nitrogens with one attached hydrogen (secondary N) is 1. The number of carbonyl (C=O) groups excluding carboxylic acids is 2. The van der Waals surface area contributed by atoms with Gasteiger partial charge >= 0.3 is 0 Å². The summed E-state index contributed by atoms with van der Waals surface area (Å²) in [6.45, 7) is 2.03. The van der Waals surface area contributed by atoms with Gasteiger partial charge in [0.05, 0.1) is 10.8 Å². The van der Waals surface area contributed by atoms with E-state index in [2.05, 4.69) is 11.4 Å². The van der Waals surface area contributed by atoms with Gasteiger partial charge in [-0.25, -0.2) is 0 Å². The molecule has 1 saturated heterocycles. The number of nitrogens with zero attached hydrogens (tertiary/aromatic N) is 1. The highest BCUT2D eigenvalue weighted by molar-refractivity contribution is 7.12. The Hall–Kier alpha value is -1.62. The molecule has 3 rings (SSSR count). The van der Waals surface area contributed by atoms with Crippen LogP contribution in [-0.4, -0.2) is 36.3 Å². The minimum Gasteiger partial charge on any atom is -0.355 e. The Morgan fingerprint density at radius 3 is 2.96 bits per heavy atom. The lowest BCUT2D eigenvalue weighted by atomic mass is 9.96. The predicted octanol–water partition coefficient (Wildman–Crippen LogP) is 3.61. The van der Waals surface area contributed by atoms with E-state index in [0.717, 1.165) is 37.2 Å². The van der Waals surface area contributed by atoms with Gasteiger partial charge < -0.3 is 10.2 Å². The third-order valence-corrected chi connectivity index (χ3v) is 5.80. The minimum atomic E-state index is -0.0667. The van der Waals surface area contributed by atoms with E-state index < -0.39 is 0 Å². The van der Waals surface area contributed by atoms with E-state index >= 15 is 0 Å². The fourth-order valence-electron chi connectivity index (χ4n) is 3.55. The summed E-state index contributed by atoms with van der Waals surface area (Å²) in [4.78, 5) is 27.5. The molecule has 1 aromatic heterocycles. The van der Waals surface area contributed by atoms with Gasteiger partial charge in [-0.1, -0.05) is 17.7 Å². The number of amides is 2. The number of likely N-dealkylation sites (tertiary alicyclic amines) is 1. The molecule has 1 atom stereocenters. The van der Waals surface area contributed by atoms with Crippen LogP contribution in [0, 0.1) is 5.92 Å². The minimum absolute atomic E-state index is 0.0647. The maximum Gasteiger partial charge on any atom is 0.263 e. The van der Waals surface area contributed by atoms with Crippen molar-refractivity contribution < 1.29 is 9.59 Å². The highest BCUT2D eigenvalue weighted by Gasteiger charge is 2.29. The number of piperidine rings is 1. The molecule has 24 heavy (non-hydrogen) atoms. The van der Waals surface area contributed by atoms with Crippen LogP contribution in [0.3, 0.4) is 0 Å². The van der Waals surface area contributed by atoms with E-state index in [4.69, 9.17) is 0 Å². The molecule has 1 aliphatic carbocycles. The second-order valence-corrected chi connectivity index (χ2v) is 7.66. The summed E-state index contributed by atoms with van der Waals surface area (Å²) in [6.07, 6.45) is 10.0. The summed E-state index contributed by atoms with van der Waals surface area (Å²) < 4.78 is 0. The SMILES string of the molecule is O=C(NCCC1=CCCCC1)[C@@H]1CCCN(C(=O)c2cccs2)C1. The first-order chi connectivity index (χ1) is 11.7. The fraction of sp³-hybridized carbons (Fsp3) is 0.579. The molecule has 2 aliphatic rings. The van der Waals surface area contributed by atoms with Gasteiger partial charge in [-0.2, -0.15) is 0 Å². The van der Waals surface area contributed by atoms with Gasteiger partial charge in [-0.15, -0.1) is 11.3 Å². The number of allylic oxidation sites excluding steroid dienone is 1. The lowest BCUT2D eigenvalue weighted by molar-refractivity contribution is -0.126. The molecule has 130 valence electrons. The molecular weight excluding hydrogens is 320 g/mol. The Bertz CT molecular complexity index is 595. The van der Waals surface area contributed by atoms with Gasteiger partial charge in [0.1, 0.15) is 0 Å². The van der Waals surface area contributed by atoms with Crippen molar-refractivity contribution in [1.29, 1.82) is 0 Å². The molecule has 1 fully saturated rings. The molecule has 2 amide bonds. The summed E-state index contributed by atoms with van der Waals surface area (Å²) in [7, 11) is 0. The maximum atomic E-state index is 12.4. The molecule has 0 radical (unpaired) electrons. The molecule has 5 heteroatoms. The molecule has 1 N–H and O–H groups in total. The first-order valence-electron chi connectivity index (χ1n) is 9.02. The average Bonchev–Trinajstić information content (AvgIpc) is 3.16. The third kappa shape index (κ3) is 4.47. The second-order valence-electron chi connectivity index (χ2n) is 6.72. The van der Waals surface area contributed by atoms with E-state index in [1.807, 2.05) is 22.4 Å². The van der Waals surface area contributed by atoms with Crippen LogP contribution in [0.1, 0.15) is 54.6 Å². The fourth-order valence-corrected chi connectivity index (χ4v) is 4.24. The molecule has 2 heterocycles. The number of rotatable bonds is 5. The van der Waals surface area contributed by atoms with Crippen LogP contribution in [0.2, 0.25) is 0 Å². The van der Waals surface area contributed by atoms with Crippen molar-refractivity contribution in [2.75, 3.05) is 19.6 Å². The monoisotopic (exact) mass is 346 g/mol. The molecular formula is C19H26N2O2S. The average molecular weight is 346 g/mol. The first-order valence-corrected chi connectivity index (χ1v) is 9.90. The van der Waals surface area contributed by atoms with Crippen LogP contribution < -0.4 is 5.32 Å². The molecule has 0 spiro atoms. The Morgan fingerprint density at radius 1 is 1.29 bits per heavy atom. The lowest BCUT2D eigenvalue weighted by Crippen LogP contribution is -2.45. The van der Waals surface area contributed by atoms with Crippen molar-refractivity contribution in [1.82, 2.24) is 10.2 Å². The molecule has 0 bridgehead atoms. The van der Waals surface area contributed by atoms with E-state index in [9.17, 15) is 9.59 Å². The van der Waals surface area contributed by atoms with Crippen LogP contribution in [-0.2, 0) is 4.79 Å². The molecule has 0 aromatic carbocycles. The first kappa shape index (κ1) is 17.2. The van der Waals surface area contributed by atoms with Crippen LogP contribution in [0.25, 0.3) is 0 Å². The molecule has 4 nitrogen and oxygen atoms in total. The van der Waals surface area contributed by atoms with Crippen LogP contribution in [0.4, 0.5) is 0 Å². The Balaban J connectivity index is 1.46. The summed E-state index contributed by atoms with van der Waals surface area (Å²) in [5.74, 6) is 0.105. The Labute approximate surface area is 147 Å². The van der Waals surface area contributed by atoms with Crippen molar-refractivity contribution in [3.63, 3.8) is 0 Å². The number of hydrogen-bond donors (Lipinski definition) is 1. The highest BCUT2D eigenvalue weighted by atomic mass is 32.1. The van der Waals surface area contributed by atoms with Crippen molar-refractivity contribution in [2.45, 2.75) is 44.9 Å².